The van der Waals surface area contributed by atoms with Crippen molar-refractivity contribution in [2.75, 3.05) is 0 Å². The fourth-order valence-corrected chi connectivity index (χ4v) is 8.09. The summed E-state index contributed by atoms with van der Waals surface area (Å²) in [6.07, 6.45) is 0.441. The summed E-state index contributed by atoms with van der Waals surface area (Å²) in [5.41, 5.74) is 1.91. The number of aryl methyl sites for hydroxylation is 1. The van der Waals surface area contributed by atoms with Gasteiger partial charge in [0.1, 0.15) is 0 Å². The summed E-state index contributed by atoms with van der Waals surface area (Å²) in [6.45, 7) is 11.0. The van der Waals surface area contributed by atoms with Crippen LogP contribution in [0.15, 0.2) is 59.5 Å². The molecule has 140 valence electrons. The molecule has 2 rings (SSSR count). The van der Waals surface area contributed by atoms with Gasteiger partial charge in [-0.15, -0.1) is 0 Å². The first-order valence-electron chi connectivity index (χ1n) is 9.23. The highest BCUT2D eigenvalue weighted by atomic mass is 32.2. The first-order chi connectivity index (χ1) is 12.2. The monoisotopic (exact) mass is 386 g/mol. The van der Waals surface area contributed by atoms with E-state index in [-0.39, 0.29) is 17.0 Å². The SMILES string of the molecule is Cc1ccc(S(=O)[C@@H](C[Si](C)(C)C)[C@@H](C)CC(=O)c2ccccc2)cc1. The van der Waals surface area contributed by atoms with Gasteiger partial charge in [0.15, 0.2) is 5.78 Å². The summed E-state index contributed by atoms with van der Waals surface area (Å²) in [5, 5.41) is 0.0111. The van der Waals surface area contributed by atoms with Crippen molar-refractivity contribution in [1.82, 2.24) is 0 Å². The molecule has 0 bridgehead atoms. The Morgan fingerprint density at radius 1 is 1.00 bits per heavy atom. The van der Waals surface area contributed by atoms with E-state index >= 15 is 0 Å². The first kappa shape index (κ1) is 20.8. The maximum Gasteiger partial charge on any atom is 0.163 e. The fourth-order valence-electron chi connectivity index (χ4n) is 3.10. The summed E-state index contributed by atoms with van der Waals surface area (Å²) in [5.74, 6) is 0.219. The van der Waals surface area contributed by atoms with Crippen LogP contribution in [0.1, 0.15) is 29.3 Å². The standard InChI is InChI=1S/C22H30O2SSi/c1-17-11-13-20(14-12-17)25(24)22(16-26(3,4)5)18(2)15-21(23)19-9-7-6-8-10-19/h6-14,18,22H,15-16H2,1-5H3/t18-,22-,25?/m0/s1. The molecule has 2 aromatic carbocycles. The summed E-state index contributed by atoms with van der Waals surface area (Å²) in [4.78, 5) is 13.5. The van der Waals surface area contributed by atoms with Gasteiger partial charge in [-0.1, -0.05) is 74.6 Å². The van der Waals surface area contributed by atoms with Crippen molar-refractivity contribution in [3.8, 4) is 0 Å². The highest BCUT2D eigenvalue weighted by Crippen LogP contribution is 2.29. The molecule has 1 unspecified atom stereocenters. The molecular formula is C22H30O2SSi. The van der Waals surface area contributed by atoms with Crippen LogP contribution in [-0.4, -0.2) is 23.3 Å². The molecule has 0 radical (unpaired) electrons. The number of rotatable bonds is 8. The van der Waals surface area contributed by atoms with Crippen LogP contribution in [0.5, 0.6) is 0 Å². The van der Waals surface area contributed by atoms with E-state index in [9.17, 15) is 9.00 Å². The summed E-state index contributed by atoms with van der Waals surface area (Å²) >= 11 is 0. The maximum absolute atomic E-state index is 13.3. The van der Waals surface area contributed by atoms with Crippen LogP contribution in [0.2, 0.25) is 25.7 Å². The zero-order chi connectivity index (χ0) is 19.3. The molecule has 2 nitrogen and oxygen atoms in total. The zero-order valence-electron chi connectivity index (χ0n) is 16.5. The molecule has 0 aliphatic carbocycles. The topological polar surface area (TPSA) is 34.1 Å². The van der Waals surface area contributed by atoms with Crippen LogP contribution < -0.4 is 0 Å². The van der Waals surface area contributed by atoms with Crippen molar-refractivity contribution in [2.24, 2.45) is 5.92 Å². The largest absolute Gasteiger partial charge is 0.294 e. The molecule has 2 aromatic rings. The number of carbonyl (C=O) groups is 1. The average molecular weight is 387 g/mol. The highest BCUT2D eigenvalue weighted by molar-refractivity contribution is 7.85. The van der Waals surface area contributed by atoms with Gasteiger partial charge in [0, 0.05) is 30.2 Å². The molecular weight excluding hydrogens is 356 g/mol. The van der Waals surface area contributed by atoms with Gasteiger partial charge in [-0.05, 0) is 31.0 Å². The summed E-state index contributed by atoms with van der Waals surface area (Å²) in [6, 6.07) is 18.3. The van der Waals surface area contributed by atoms with Crippen LogP contribution in [0, 0.1) is 12.8 Å². The normalized spacial score (nSPS) is 15.3. The fraction of sp³-hybridized carbons (Fsp3) is 0.409. The van der Waals surface area contributed by atoms with Crippen LogP contribution in [0.4, 0.5) is 0 Å². The van der Waals surface area contributed by atoms with Crippen molar-refractivity contribution in [3.63, 3.8) is 0 Å². The van der Waals surface area contributed by atoms with E-state index in [1.807, 2.05) is 61.5 Å². The summed E-state index contributed by atoms with van der Waals surface area (Å²) in [7, 11) is -2.52. The molecule has 4 heteroatoms. The maximum atomic E-state index is 13.3. The van der Waals surface area contributed by atoms with E-state index in [1.165, 1.54) is 5.56 Å². The van der Waals surface area contributed by atoms with Gasteiger partial charge in [0.05, 0.1) is 10.8 Å². The Labute approximate surface area is 161 Å². The third kappa shape index (κ3) is 6.03. The van der Waals surface area contributed by atoms with Gasteiger partial charge >= 0.3 is 0 Å². The van der Waals surface area contributed by atoms with Crippen molar-refractivity contribution < 1.29 is 9.00 Å². The zero-order valence-corrected chi connectivity index (χ0v) is 18.3. The van der Waals surface area contributed by atoms with Crippen LogP contribution >= 0.6 is 0 Å². The Bertz CT molecular complexity index is 748. The number of benzene rings is 2. The van der Waals surface area contributed by atoms with Gasteiger partial charge in [-0.3, -0.25) is 9.00 Å². The molecule has 26 heavy (non-hydrogen) atoms. The second kappa shape index (κ2) is 8.91. The first-order valence-corrected chi connectivity index (χ1v) is 14.1. The van der Waals surface area contributed by atoms with Gasteiger partial charge in [0.2, 0.25) is 0 Å². The van der Waals surface area contributed by atoms with Gasteiger partial charge in [-0.25, -0.2) is 0 Å². The van der Waals surface area contributed by atoms with E-state index in [2.05, 4.69) is 26.6 Å². The third-order valence-corrected chi connectivity index (χ3v) is 8.46. The molecule has 0 saturated heterocycles. The lowest BCUT2D eigenvalue weighted by molar-refractivity contribution is 0.0964. The van der Waals surface area contributed by atoms with E-state index in [0.29, 0.717) is 6.42 Å². The minimum atomic E-state index is -1.42. The Balaban J connectivity index is 2.21. The van der Waals surface area contributed by atoms with Crippen LogP contribution in [0.3, 0.4) is 0 Å². The van der Waals surface area contributed by atoms with Crippen molar-refractivity contribution in [3.05, 3.63) is 65.7 Å². The molecule has 0 N–H and O–H groups in total. The molecule has 0 amide bonds. The smallest absolute Gasteiger partial charge is 0.163 e. The predicted octanol–water partition coefficient (Wildman–Crippen LogP) is 5.72. The molecule has 0 heterocycles. The van der Waals surface area contributed by atoms with E-state index < -0.39 is 18.9 Å². The van der Waals surface area contributed by atoms with E-state index in [0.717, 1.165) is 16.5 Å². The Morgan fingerprint density at radius 3 is 2.12 bits per heavy atom. The quantitative estimate of drug-likeness (QED) is 0.429. The van der Waals surface area contributed by atoms with Crippen molar-refractivity contribution in [2.45, 2.75) is 56.1 Å². The van der Waals surface area contributed by atoms with Crippen LogP contribution in [-0.2, 0) is 10.8 Å². The Kier molecular flexibility index (Phi) is 7.13. The third-order valence-electron chi connectivity index (χ3n) is 4.58. The number of carbonyl (C=O) groups excluding carboxylic acids is 1. The Morgan fingerprint density at radius 2 is 1.58 bits per heavy atom. The second-order valence-electron chi connectivity index (χ2n) is 8.38. The lowest BCUT2D eigenvalue weighted by atomic mass is 9.97. The minimum Gasteiger partial charge on any atom is -0.294 e. The number of hydrogen-bond acceptors (Lipinski definition) is 2. The molecule has 0 aliphatic rings. The second-order valence-corrected chi connectivity index (χ2v) is 15.6. The van der Waals surface area contributed by atoms with E-state index in [1.54, 1.807) is 0 Å². The highest BCUT2D eigenvalue weighted by Gasteiger charge is 2.31. The van der Waals surface area contributed by atoms with Crippen molar-refractivity contribution in [1.29, 1.82) is 0 Å². The van der Waals surface area contributed by atoms with Gasteiger partial charge in [0.25, 0.3) is 0 Å². The minimum absolute atomic E-state index is 0.0111. The predicted molar refractivity (Wildman–Crippen MR) is 114 cm³/mol. The molecule has 0 spiro atoms. The van der Waals surface area contributed by atoms with Gasteiger partial charge < -0.3 is 0 Å². The lowest BCUT2D eigenvalue weighted by Gasteiger charge is -2.28. The van der Waals surface area contributed by atoms with Crippen LogP contribution in [0.25, 0.3) is 0 Å². The summed E-state index contributed by atoms with van der Waals surface area (Å²) < 4.78 is 13.3. The lowest BCUT2D eigenvalue weighted by Crippen LogP contribution is -2.34. The number of Topliss-reactive ketones (excluding diaryl/α,β-unsaturated/α-hetero) is 1. The molecule has 0 fully saturated rings. The van der Waals surface area contributed by atoms with Gasteiger partial charge in [-0.2, -0.15) is 0 Å². The molecule has 0 aliphatic heterocycles. The van der Waals surface area contributed by atoms with Crippen molar-refractivity contribution >= 4 is 24.7 Å². The Hall–Kier alpha value is -1.52. The number of ketones is 1. The number of hydrogen-bond donors (Lipinski definition) is 0. The average Bonchev–Trinajstić information content (AvgIpc) is 2.59. The molecule has 0 saturated carbocycles. The molecule has 0 aromatic heterocycles. The molecule has 3 atom stereocenters. The van der Waals surface area contributed by atoms with E-state index in [4.69, 9.17) is 0 Å².